The van der Waals surface area contributed by atoms with Gasteiger partial charge in [-0.25, -0.2) is 0 Å². The lowest BCUT2D eigenvalue weighted by molar-refractivity contribution is -0.117. The number of allylic oxidation sites excluding steroid dienone is 1. The topological polar surface area (TPSA) is 29.1 Å². The van der Waals surface area contributed by atoms with Crippen molar-refractivity contribution < 1.29 is 4.79 Å². The highest BCUT2D eigenvalue weighted by Crippen LogP contribution is 2.12. The fourth-order valence-electron chi connectivity index (χ4n) is 1.16. The minimum atomic E-state index is -0.00593. The van der Waals surface area contributed by atoms with Crippen LogP contribution in [0, 0.1) is 0 Å². The van der Waals surface area contributed by atoms with Gasteiger partial charge in [-0.05, 0) is 31.3 Å². The van der Waals surface area contributed by atoms with E-state index in [4.69, 9.17) is 0 Å². The predicted octanol–water partition coefficient (Wildman–Crippen LogP) is 2.90. The Morgan fingerprint density at radius 3 is 2.50 bits per heavy atom. The zero-order chi connectivity index (χ0) is 12.6. The molecule has 94 valence electrons. The molecular formula is C12H23NOS2. The van der Waals surface area contributed by atoms with Gasteiger partial charge in [0.2, 0.25) is 5.91 Å². The van der Waals surface area contributed by atoms with E-state index in [1.165, 1.54) is 0 Å². The van der Waals surface area contributed by atoms with E-state index in [1.807, 2.05) is 25.6 Å². The molecule has 0 fully saturated rings. The number of amides is 1. The lowest BCUT2D eigenvalue weighted by Crippen LogP contribution is -2.35. The van der Waals surface area contributed by atoms with Gasteiger partial charge in [-0.3, -0.25) is 4.79 Å². The molecule has 0 bridgehead atoms. The van der Waals surface area contributed by atoms with Gasteiger partial charge in [0, 0.05) is 17.9 Å². The quantitative estimate of drug-likeness (QED) is 0.545. The summed E-state index contributed by atoms with van der Waals surface area (Å²) in [5.74, 6) is 1.76. The first-order valence-corrected chi connectivity index (χ1v) is 7.31. The van der Waals surface area contributed by atoms with Crippen LogP contribution in [-0.2, 0) is 4.79 Å². The van der Waals surface area contributed by atoms with Gasteiger partial charge < -0.3 is 5.32 Å². The Labute approximate surface area is 109 Å². The highest BCUT2D eigenvalue weighted by molar-refractivity contribution is 7.99. The van der Waals surface area contributed by atoms with E-state index < -0.39 is 0 Å². The first kappa shape index (κ1) is 15.9. The van der Waals surface area contributed by atoms with Crippen LogP contribution in [0.3, 0.4) is 0 Å². The Kier molecular flexibility index (Phi) is 8.94. The molecule has 0 aliphatic heterocycles. The summed E-state index contributed by atoms with van der Waals surface area (Å²) in [6.07, 6.45) is 2.61. The van der Waals surface area contributed by atoms with Crippen LogP contribution in [0.1, 0.15) is 34.1 Å². The van der Waals surface area contributed by atoms with E-state index in [1.54, 1.807) is 6.08 Å². The molecule has 0 aromatic heterocycles. The third kappa shape index (κ3) is 9.16. The molecule has 0 aromatic rings. The van der Waals surface area contributed by atoms with E-state index in [9.17, 15) is 4.79 Å². The Morgan fingerprint density at radius 1 is 1.44 bits per heavy atom. The maximum absolute atomic E-state index is 11.5. The molecule has 1 N–H and O–H groups in total. The molecule has 1 amide bonds. The van der Waals surface area contributed by atoms with Crippen molar-refractivity contribution in [2.24, 2.45) is 0 Å². The van der Waals surface area contributed by atoms with Crippen LogP contribution >= 0.6 is 24.4 Å². The van der Waals surface area contributed by atoms with Gasteiger partial charge in [0.05, 0.1) is 0 Å². The summed E-state index contributed by atoms with van der Waals surface area (Å²) < 4.78 is 0. The molecule has 1 atom stereocenters. The standard InChI is InChI=1S/C12H23NOS2/c1-9(2)7-12(14)13-11(8-15)5-6-16-10(3)4/h7,10-11,15H,5-6,8H2,1-4H3,(H,13,14). The molecule has 0 rings (SSSR count). The zero-order valence-electron chi connectivity index (χ0n) is 10.6. The van der Waals surface area contributed by atoms with Crippen molar-refractivity contribution in [3.05, 3.63) is 11.6 Å². The van der Waals surface area contributed by atoms with Gasteiger partial charge in [-0.1, -0.05) is 19.4 Å². The van der Waals surface area contributed by atoms with E-state index >= 15 is 0 Å². The number of rotatable bonds is 7. The van der Waals surface area contributed by atoms with Crippen molar-refractivity contribution in [2.45, 2.75) is 45.4 Å². The predicted molar refractivity (Wildman–Crippen MR) is 77.4 cm³/mol. The molecular weight excluding hydrogens is 238 g/mol. The minimum absolute atomic E-state index is 0.00593. The van der Waals surface area contributed by atoms with Crippen molar-refractivity contribution in [3.63, 3.8) is 0 Å². The fourth-order valence-corrected chi connectivity index (χ4v) is 2.33. The molecule has 0 aliphatic carbocycles. The van der Waals surface area contributed by atoms with Gasteiger partial charge >= 0.3 is 0 Å². The van der Waals surface area contributed by atoms with Crippen LogP contribution in [0.2, 0.25) is 0 Å². The number of thiol groups is 1. The number of carbonyl (C=O) groups is 1. The third-order valence-corrected chi connectivity index (χ3v) is 3.48. The van der Waals surface area contributed by atoms with E-state index in [-0.39, 0.29) is 11.9 Å². The van der Waals surface area contributed by atoms with E-state index in [0.717, 1.165) is 17.7 Å². The van der Waals surface area contributed by atoms with Crippen molar-refractivity contribution in [1.29, 1.82) is 0 Å². The van der Waals surface area contributed by atoms with Gasteiger partial charge in [0.25, 0.3) is 0 Å². The summed E-state index contributed by atoms with van der Waals surface area (Å²) in [6, 6.07) is 0.178. The molecule has 1 unspecified atom stereocenters. The first-order valence-electron chi connectivity index (χ1n) is 5.63. The monoisotopic (exact) mass is 261 g/mol. The van der Waals surface area contributed by atoms with Crippen LogP contribution in [0.4, 0.5) is 0 Å². The van der Waals surface area contributed by atoms with Crippen molar-refractivity contribution in [1.82, 2.24) is 5.32 Å². The molecule has 0 saturated heterocycles. The summed E-state index contributed by atoms with van der Waals surface area (Å²) in [5.41, 5.74) is 1.02. The van der Waals surface area contributed by atoms with Crippen LogP contribution in [-0.4, -0.2) is 28.7 Å². The smallest absolute Gasteiger partial charge is 0.244 e. The Hall–Kier alpha value is -0.0900. The third-order valence-electron chi connectivity index (χ3n) is 1.90. The molecule has 2 nitrogen and oxygen atoms in total. The van der Waals surface area contributed by atoms with Crippen LogP contribution in [0.15, 0.2) is 11.6 Å². The highest BCUT2D eigenvalue weighted by atomic mass is 32.2. The van der Waals surface area contributed by atoms with Crippen LogP contribution in [0.25, 0.3) is 0 Å². The van der Waals surface area contributed by atoms with Crippen molar-refractivity contribution in [2.75, 3.05) is 11.5 Å². The number of thioether (sulfide) groups is 1. The maximum Gasteiger partial charge on any atom is 0.244 e. The SMILES string of the molecule is CC(C)=CC(=O)NC(CS)CCSC(C)C. The lowest BCUT2D eigenvalue weighted by atomic mass is 10.2. The second-order valence-electron chi connectivity index (χ2n) is 4.32. The van der Waals surface area contributed by atoms with Crippen LogP contribution < -0.4 is 5.32 Å². The number of hydrogen-bond acceptors (Lipinski definition) is 3. The summed E-state index contributed by atoms with van der Waals surface area (Å²) >= 11 is 6.18. The van der Waals surface area contributed by atoms with Gasteiger partial charge in [-0.2, -0.15) is 24.4 Å². The highest BCUT2D eigenvalue weighted by Gasteiger charge is 2.09. The maximum atomic E-state index is 11.5. The normalized spacial score (nSPS) is 12.4. The summed E-state index contributed by atoms with van der Waals surface area (Å²) in [6.45, 7) is 8.21. The van der Waals surface area contributed by atoms with Gasteiger partial charge in [0.1, 0.15) is 0 Å². The van der Waals surface area contributed by atoms with Crippen molar-refractivity contribution >= 4 is 30.3 Å². The summed E-state index contributed by atoms with van der Waals surface area (Å²) in [5, 5.41) is 3.61. The van der Waals surface area contributed by atoms with E-state index in [0.29, 0.717) is 11.0 Å². The molecule has 0 heterocycles. The average molecular weight is 261 g/mol. The Bertz CT molecular complexity index is 235. The molecule has 0 spiro atoms. The molecule has 0 aliphatic rings. The van der Waals surface area contributed by atoms with Crippen molar-refractivity contribution in [3.8, 4) is 0 Å². The molecule has 0 aromatic carbocycles. The Morgan fingerprint density at radius 2 is 2.06 bits per heavy atom. The average Bonchev–Trinajstić information content (AvgIpc) is 2.14. The molecule has 16 heavy (non-hydrogen) atoms. The largest absolute Gasteiger partial charge is 0.349 e. The van der Waals surface area contributed by atoms with Gasteiger partial charge in [0.15, 0.2) is 0 Å². The number of carbonyl (C=O) groups excluding carboxylic acids is 1. The minimum Gasteiger partial charge on any atom is -0.349 e. The first-order chi connectivity index (χ1) is 7.45. The zero-order valence-corrected chi connectivity index (χ0v) is 12.3. The summed E-state index contributed by atoms with van der Waals surface area (Å²) in [4.78, 5) is 11.5. The fraction of sp³-hybridized carbons (Fsp3) is 0.750. The molecule has 0 radical (unpaired) electrons. The van der Waals surface area contributed by atoms with Crippen LogP contribution in [0.5, 0.6) is 0 Å². The number of hydrogen-bond donors (Lipinski definition) is 2. The second-order valence-corrected chi connectivity index (χ2v) is 6.37. The van der Waals surface area contributed by atoms with Gasteiger partial charge in [-0.15, -0.1) is 0 Å². The molecule has 0 saturated carbocycles. The van der Waals surface area contributed by atoms with E-state index in [2.05, 4.69) is 31.8 Å². The summed E-state index contributed by atoms with van der Waals surface area (Å²) in [7, 11) is 0. The lowest BCUT2D eigenvalue weighted by Gasteiger charge is -2.16. The second kappa shape index (κ2) is 8.99. The Balaban J connectivity index is 3.91. The number of nitrogens with one attached hydrogen (secondary N) is 1. The molecule has 4 heteroatoms.